The zero-order valence-electron chi connectivity index (χ0n) is 17.9. The smallest absolute Gasteiger partial charge is 0.330 e. The van der Waals surface area contributed by atoms with Crippen LogP contribution in [0.1, 0.15) is 50.6 Å². The lowest BCUT2D eigenvalue weighted by atomic mass is 9.97. The predicted octanol–water partition coefficient (Wildman–Crippen LogP) is 4.99. The number of aromatic nitrogens is 4. The predicted molar refractivity (Wildman–Crippen MR) is 119 cm³/mol. The quantitative estimate of drug-likeness (QED) is 0.404. The number of hydrogen-bond acceptors (Lipinski definition) is 6. The summed E-state index contributed by atoms with van der Waals surface area (Å²) in [5, 5.41) is 7.68. The zero-order chi connectivity index (χ0) is 23.3. The van der Waals surface area contributed by atoms with Crippen LogP contribution in [0.2, 0.25) is 0 Å². The van der Waals surface area contributed by atoms with Crippen LogP contribution in [0.15, 0.2) is 29.0 Å². The number of carbonyl (C=O) groups excluding carboxylic acids is 1. The number of hydrogen-bond donors (Lipinski definition) is 0. The van der Waals surface area contributed by atoms with E-state index in [0.717, 1.165) is 21.4 Å². The highest BCUT2D eigenvalue weighted by atomic mass is 32.1. The summed E-state index contributed by atoms with van der Waals surface area (Å²) in [6.07, 6.45) is -3.22. The Morgan fingerprint density at radius 1 is 1.18 bits per heavy atom. The van der Waals surface area contributed by atoms with E-state index in [1.165, 1.54) is 10.4 Å². The lowest BCUT2D eigenvalue weighted by molar-refractivity contribution is -0.144. The number of amides is 1. The number of thiophene rings is 2. The van der Waals surface area contributed by atoms with E-state index < -0.39 is 12.0 Å². The van der Waals surface area contributed by atoms with Gasteiger partial charge in [0.15, 0.2) is 0 Å². The van der Waals surface area contributed by atoms with Crippen molar-refractivity contribution < 1.29 is 18.0 Å². The molecular weight excluding hydrogens is 471 g/mol. The number of halogens is 3. The molecule has 1 aliphatic rings. The third-order valence-corrected chi connectivity index (χ3v) is 7.91. The highest BCUT2D eigenvalue weighted by Gasteiger charge is 2.37. The third-order valence-electron chi connectivity index (χ3n) is 5.99. The minimum Gasteiger partial charge on any atom is -0.330 e. The van der Waals surface area contributed by atoms with Crippen molar-refractivity contribution in [3.05, 3.63) is 67.1 Å². The Balaban J connectivity index is 1.41. The van der Waals surface area contributed by atoms with E-state index in [2.05, 4.69) is 32.6 Å². The average Bonchev–Trinajstić information content (AvgIpc) is 3.51. The molecule has 172 valence electrons. The molecule has 5 heterocycles. The number of nitrogens with zero attached hydrogens (tertiary/aromatic N) is 5. The molecule has 0 fully saturated rings. The van der Waals surface area contributed by atoms with Crippen molar-refractivity contribution in [3.63, 3.8) is 0 Å². The van der Waals surface area contributed by atoms with Crippen LogP contribution in [0.3, 0.4) is 0 Å². The minimum atomic E-state index is -4.64. The second-order valence-electron chi connectivity index (χ2n) is 7.96. The van der Waals surface area contributed by atoms with Crippen molar-refractivity contribution in [1.29, 1.82) is 0 Å². The average molecular weight is 492 g/mol. The van der Waals surface area contributed by atoms with Gasteiger partial charge >= 0.3 is 6.18 Å². The molecule has 33 heavy (non-hydrogen) atoms. The van der Waals surface area contributed by atoms with E-state index in [1.54, 1.807) is 36.5 Å². The van der Waals surface area contributed by atoms with Gasteiger partial charge in [0.05, 0.1) is 6.04 Å². The molecule has 4 aromatic rings. The molecule has 6 nitrogen and oxygen atoms in total. The molecule has 0 aliphatic carbocycles. The molecule has 1 aliphatic heterocycles. The van der Waals surface area contributed by atoms with Crippen LogP contribution in [0.5, 0.6) is 0 Å². The summed E-state index contributed by atoms with van der Waals surface area (Å²) in [6, 6.07) is 6.04. The second kappa shape index (κ2) is 8.21. The van der Waals surface area contributed by atoms with Gasteiger partial charge in [0.1, 0.15) is 0 Å². The van der Waals surface area contributed by atoms with Gasteiger partial charge in [-0.25, -0.2) is 9.50 Å². The van der Waals surface area contributed by atoms with Gasteiger partial charge in [0, 0.05) is 34.1 Å². The standard InChI is InChI=1S/C22H20F3N5OS2/c1-12-14(13(2)30-21(26-12)27-20(28-30)22(23,24)25)5-6-18(31)29-9-7-16-15(8-11-33-16)19(29)17-4-3-10-32-17/h3-4,8,10-11,19H,5-7,9H2,1-2H3. The molecule has 0 aromatic carbocycles. The molecular formula is C22H20F3N5OS2. The van der Waals surface area contributed by atoms with Gasteiger partial charge in [-0.05, 0) is 60.7 Å². The lowest BCUT2D eigenvalue weighted by Gasteiger charge is -2.35. The van der Waals surface area contributed by atoms with E-state index in [4.69, 9.17) is 0 Å². The third kappa shape index (κ3) is 3.93. The maximum absolute atomic E-state index is 13.4. The highest BCUT2D eigenvalue weighted by Crippen LogP contribution is 2.40. The van der Waals surface area contributed by atoms with Crippen LogP contribution in [-0.4, -0.2) is 36.9 Å². The molecule has 0 spiro atoms. The van der Waals surface area contributed by atoms with Gasteiger partial charge < -0.3 is 4.90 Å². The Labute approximate surface area is 195 Å². The summed E-state index contributed by atoms with van der Waals surface area (Å²) in [5.41, 5.74) is 2.97. The second-order valence-corrected chi connectivity index (χ2v) is 9.94. The van der Waals surface area contributed by atoms with Crippen LogP contribution < -0.4 is 0 Å². The van der Waals surface area contributed by atoms with Gasteiger partial charge in [0.25, 0.3) is 11.6 Å². The number of rotatable bonds is 4. The van der Waals surface area contributed by atoms with Crippen molar-refractivity contribution in [2.75, 3.05) is 6.54 Å². The van der Waals surface area contributed by atoms with Crippen LogP contribution >= 0.6 is 22.7 Å². The van der Waals surface area contributed by atoms with Crippen LogP contribution in [0.25, 0.3) is 5.78 Å². The molecule has 0 saturated carbocycles. The van der Waals surface area contributed by atoms with Crippen molar-refractivity contribution in [2.45, 2.75) is 45.3 Å². The molecule has 4 aromatic heterocycles. The fraction of sp³-hybridized carbons (Fsp3) is 0.364. The molecule has 11 heteroatoms. The first kappa shape index (κ1) is 22.0. The van der Waals surface area contributed by atoms with Gasteiger partial charge in [-0.3, -0.25) is 4.79 Å². The molecule has 1 atom stereocenters. The van der Waals surface area contributed by atoms with E-state index >= 15 is 0 Å². The fourth-order valence-electron chi connectivity index (χ4n) is 4.40. The number of alkyl halides is 3. The van der Waals surface area contributed by atoms with Gasteiger partial charge in [-0.1, -0.05) is 6.07 Å². The van der Waals surface area contributed by atoms with Crippen LogP contribution in [0.4, 0.5) is 13.2 Å². The summed E-state index contributed by atoms with van der Waals surface area (Å²) in [6.45, 7) is 4.05. The van der Waals surface area contributed by atoms with Crippen LogP contribution in [0, 0.1) is 13.8 Å². The maximum Gasteiger partial charge on any atom is 0.453 e. The monoisotopic (exact) mass is 491 g/mol. The molecule has 0 saturated heterocycles. The van der Waals surface area contributed by atoms with E-state index in [9.17, 15) is 18.0 Å². The Kier molecular flexibility index (Phi) is 5.48. The number of aryl methyl sites for hydroxylation is 2. The topological polar surface area (TPSA) is 63.4 Å². The van der Waals surface area contributed by atoms with Crippen molar-refractivity contribution in [2.24, 2.45) is 0 Å². The molecule has 1 unspecified atom stereocenters. The van der Waals surface area contributed by atoms with Gasteiger partial charge in [-0.2, -0.15) is 18.2 Å². The first-order valence-electron chi connectivity index (χ1n) is 10.4. The van der Waals surface area contributed by atoms with E-state index in [1.807, 2.05) is 16.3 Å². The zero-order valence-corrected chi connectivity index (χ0v) is 19.5. The summed E-state index contributed by atoms with van der Waals surface area (Å²) in [5.74, 6) is -1.30. The summed E-state index contributed by atoms with van der Waals surface area (Å²) in [4.78, 5) is 25.4. The molecule has 5 rings (SSSR count). The van der Waals surface area contributed by atoms with Crippen LogP contribution in [-0.2, 0) is 23.8 Å². The van der Waals surface area contributed by atoms with Crippen molar-refractivity contribution >= 4 is 34.4 Å². The normalized spacial score (nSPS) is 16.4. The number of carbonyl (C=O) groups is 1. The Morgan fingerprint density at radius 3 is 2.73 bits per heavy atom. The molecule has 0 radical (unpaired) electrons. The first-order chi connectivity index (χ1) is 15.7. The minimum absolute atomic E-state index is 0.0127. The Hall–Kier alpha value is -2.79. The highest BCUT2D eigenvalue weighted by molar-refractivity contribution is 7.10. The number of fused-ring (bicyclic) bond motifs is 2. The van der Waals surface area contributed by atoms with Gasteiger partial charge in [0.2, 0.25) is 5.91 Å². The van der Waals surface area contributed by atoms with E-state index in [0.29, 0.717) is 24.4 Å². The van der Waals surface area contributed by atoms with Crippen molar-refractivity contribution in [1.82, 2.24) is 24.5 Å². The van der Waals surface area contributed by atoms with E-state index in [-0.39, 0.29) is 24.1 Å². The lowest BCUT2D eigenvalue weighted by Crippen LogP contribution is -2.39. The summed E-state index contributed by atoms with van der Waals surface area (Å²) < 4.78 is 40.2. The fourth-order valence-corrected chi connectivity index (χ4v) is 6.16. The SMILES string of the molecule is Cc1nc2nc(C(F)(F)F)nn2c(C)c1CCC(=O)N1CCc2sccc2C1c1cccs1. The summed E-state index contributed by atoms with van der Waals surface area (Å²) in [7, 11) is 0. The Bertz CT molecular complexity index is 1330. The molecule has 1 amide bonds. The maximum atomic E-state index is 13.4. The largest absolute Gasteiger partial charge is 0.453 e. The molecule has 0 bridgehead atoms. The Morgan fingerprint density at radius 2 is 2.00 bits per heavy atom. The summed E-state index contributed by atoms with van der Waals surface area (Å²) >= 11 is 3.35. The van der Waals surface area contributed by atoms with Gasteiger partial charge in [-0.15, -0.1) is 27.8 Å². The molecule has 0 N–H and O–H groups in total. The first-order valence-corrected chi connectivity index (χ1v) is 12.2. The van der Waals surface area contributed by atoms with Crippen molar-refractivity contribution in [3.8, 4) is 0 Å².